The zero-order valence-corrected chi connectivity index (χ0v) is 11.3. The van der Waals surface area contributed by atoms with Gasteiger partial charge in [-0.2, -0.15) is 0 Å². The number of carbonyl (C=O) groups is 3. The quantitative estimate of drug-likeness (QED) is 0.700. The fourth-order valence-corrected chi connectivity index (χ4v) is 2.19. The smallest absolute Gasteiger partial charge is 0.307 e. The van der Waals surface area contributed by atoms with Gasteiger partial charge in [0.1, 0.15) is 0 Å². The molecule has 0 bridgehead atoms. The van der Waals surface area contributed by atoms with Crippen LogP contribution in [0.15, 0.2) is 12.2 Å². The minimum absolute atomic E-state index is 0.0424. The molecule has 0 heterocycles. The van der Waals surface area contributed by atoms with Crippen LogP contribution in [-0.4, -0.2) is 47.9 Å². The number of aliphatic carboxylic acids is 1. The van der Waals surface area contributed by atoms with Crippen LogP contribution in [0.3, 0.4) is 0 Å². The van der Waals surface area contributed by atoms with E-state index in [1.807, 2.05) is 6.08 Å². The molecule has 1 aliphatic carbocycles. The number of nitrogens with zero attached hydrogens (tertiary/aromatic N) is 1. The number of carboxylic acids is 1. The van der Waals surface area contributed by atoms with Gasteiger partial charge in [-0.15, -0.1) is 0 Å². The maximum Gasteiger partial charge on any atom is 0.307 e. The van der Waals surface area contributed by atoms with E-state index in [0.717, 1.165) is 0 Å². The first kappa shape index (κ1) is 15.2. The van der Waals surface area contributed by atoms with Crippen LogP contribution in [0.4, 0.5) is 0 Å². The highest BCUT2D eigenvalue weighted by Crippen LogP contribution is 2.27. The van der Waals surface area contributed by atoms with E-state index >= 15 is 0 Å². The Labute approximate surface area is 112 Å². The minimum Gasteiger partial charge on any atom is -0.481 e. The van der Waals surface area contributed by atoms with Gasteiger partial charge in [0.25, 0.3) is 0 Å². The van der Waals surface area contributed by atoms with E-state index < -0.39 is 17.8 Å². The Balaban J connectivity index is 2.67. The van der Waals surface area contributed by atoms with E-state index in [9.17, 15) is 14.4 Å². The topological polar surface area (TPSA) is 86.7 Å². The van der Waals surface area contributed by atoms with Gasteiger partial charge in [0, 0.05) is 13.6 Å². The van der Waals surface area contributed by atoms with Gasteiger partial charge in [0.15, 0.2) is 0 Å². The molecule has 0 fully saturated rings. The zero-order valence-electron chi connectivity index (χ0n) is 11.3. The molecular weight excluding hydrogens is 248 g/mol. The van der Waals surface area contributed by atoms with E-state index in [4.69, 9.17) is 5.11 Å². The van der Waals surface area contributed by atoms with Crippen molar-refractivity contribution < 1.29 is 19.5 Å². The van der Waals surface area contributed by atoms with Gasteiger partial charge in [-0.05, 0) is 19.8 Å². The van der Waals surface area contributed by atoms with Gasteiger partial charge in [0.2, 0.25) is 11.8 Å². The minimum atomic E-state index is -0.964. The van der Waals surface area contributed by atoms with Crippen molar-refractivity contribution in [1.29, 1.82) is 0 Å². The van der Waals surface area contributed by atoms with Crippen molar-refractivity contribution in [3.05, 3.63) is 12.2 Å². The van der Waals surface area contributed by atoms with Crippen LogP contribution in [0.1, 0.15) is 19.8 Å². The lowest BCUT2D eigenvalue weighted by Crippen LogP contribution is -2.44. The van der Waals surface area contributed by atoms with E-state index in [1.54, 1.807) is 13.0 Å². The number of carbonyl (C=O) groups excluding carboxylic acids is 2. The van der Waals surface area contributed by atoms with E-state index in [2.05, 4.69) is 5.32 Å². The van der Waals surface area contributed by atoms with Crippen molar-refractivity contribution in [3.63, 3.8) is 0 Å². The molecule has 1 aliphatic rings. The summed E-state index contributed by atoms with van der Waals surface area (Å²) in [5, 5.41) is 11.7. The van der Waals surface area contributed by atoms with E-state index in [-0.39, 0.29) is 18.4 Å². The van der Waals surface area contributed by atoms with Crippen LogP contribution in [0.5, 0.6) is 0 Å². The van der Waals surface area contributed by atoms with Gasteiger partial charge in [-0.1, -0.05) is 12.2 Å². The molecule has 6 heteroatoms. The molecule has 0 unspecified atom stereocenters. The predicted molar refractivity (Wildman–Crippen MR) is 69.3 cm³/mol. The Hall–Kier alpha value is -1.85. The summed E-state index contributed by atoms with van der Waals surface area (Å²) in [5.74, 6) is -2.77. The number of hydrogen-bond donors (Lipinski definition) is 2. The van der Waals surface area contributed by atoms with Crippen LogP contribution in [0.2, 0.25) is 0 Å². The molecule has 106 valence electrons. The average Bonchev–Trinajstić information content (AvgIpc) is 2.37. The summed E-state index contributed by atoms with van der Waals surface area (Å²) in [5.41, 5.74) is 0. The molecule has 2 atom stereocenters. The fraction of sp³-hybridized carbons (Fsp3) is 0.615. The second-order valence-electron chi connectivity index (χ2n) is 4.64. The van der Waals surface area contributed by atoms with Crippen molar-refractivity contribution in [3.8, 4) is 0 Å². The third-order valence-electron chi connectivity index (χ3n) is 3.20. The van der Waals surface area contributed by atoms with Crippen molar-refractivity contribution in [1.82, 2.24) is 10.2 Å². The maximum absolute atomic E-state index is 12.2. The monoisotopic (exact) mass is 268 g/mol. The molecule has 0 saturated heterocycles. The summed E-state index contributed by atoms with van der Waals surface area (Å²) in [6.45, 7) is 2.26. The Morgan fingerprint density at radius 3 is 2.37 bits per heavy atom. The first-order valence-electron chi connectivity index (χ1n) is 6.36. The molecule has 0 aromatic rings. The summed E-state index contributed by atoms with van der Waals surface area (Å²) in [6, 6.07) is 0. The summed E-state index contributed by atoms with van der Waals surface area (Å²) >= 11 is 0. The first-order valence-corrected chi connectivity index (χ1v) is 6.36. The van der Waals surface area contributed by atoms with Gasteiger partial charge in [-0.25, -0.2) is 0 Å². The zero-order chi connectivity index (χ0) is 14.4. The van der Waals surface area contributed by atoms with Crippen LogP contribution in [0, 0.1) is 11.8 Å². The highest BCUT2D eigenvalue weighted by atomic mass is 16.4. The second-order valence-corrected chi connectivity index (χ2v) is 4.64. The third-order valence-corrected chi connectivity index (χ3v) is 3.20. The molecule has 2 amide bonds. The number of nitrogens with one attached hydrogen (secondary N) is 1. The largest absolute Gasteiger partial charge is 0.481 e. The lowest BCUT2D eigenvalue weighted by molar-refractivity contribution is -0.150. The molecule has 6 nitrogen and oxygen atoms in total. The lowest BCUT2D eigenvalue weighted by atomic mass is 9.82. The maximum atomic E-state index is 12.2. The number of rotatable bonds is 5. The predicted octanol–water partition coefficient (Wildman–Crippen LogP) is 0.248. The first-order chi connectivity index (χ1) is 8.97. The Morgan fingerprint density at radius 1 is 1.26 bits per heavy atom. The Morgan fingerprint density at radius 2 is 1.84 bits per heavy atom. The normalized spacial score (nSPS) is 21.8. The molecule has 0 aromatic heterocycles. The number of likely N-dealkylation sites (N-methyl/N-ethyl adjacent to an activating group) is 2. The molecule has 0 aromatic carbocycles. The van der Waals surface area contributed by atoms with Crippen LogP contribution < -0.4 is 5.32 Å². The summed E-state index contributed by atoms with van der Waals surface area (Å²) in [6.07, 6.45) is 4.38. The number of hydrogen-bond acceptors (Lipinski definition) is 3. The summed E-state index contributed by atoms with van der Waals surface area (Å²) in [7, 11) is 1.52. The summed E-state index contributed by atoms with van der Waals surface area (Å²) in [4.78, 5) is 36.1. The number of amides is 2. The van der Waals surface area contributed by atoms with Crippen molar-refractivity contribution in [2.45, 2.75) is 19.8 Å². The van der Waals surface area contributed by atoms with Crippen LogP contribution >= 0.6 is 0 Å². The standard InChI is InChI=1S/C13H20N2O4/c1-3-14-11(16)8-15(2)12(17)9-6-4-5-7-10(9)13(18)19/h4-5,9-10H,3,6-8H2,1-2H3,(H,14,16)(H,18,19)/t9-,10+/m1/s1. The molecule has 2 N–H and O–H groups in total. The molecular formula is C13H20N2O4. The molecule has 0 spiro atoms. The lowest BCUT2D eigenvalue weighted by Gasteiger charge is -2.28. The van der Waals surface area contributed by atoms with Crippen LogP contribution in [-0.2, 0) is 14.4 Å². The average molecular weight is 268 g/mol. The van der Waals surface area contributed by atoms with Crippen molar-refractivity contribution in [2.24, 2.45) is 11.8 Å². The van der Waals surface area contributed by atoms with Gasteiger partial charge >= 0.3 is 5.97 Å². The van der Waals surface area contributed by atoms with Crippen molar-refractivity contribution in [2.75, 3.05) is 20.1 Å². The second kappa shape index (κ2) is 6.92. The Kier molecular flexibility index (Phi) is 5.54. The number of carboxylic acid groups (broad SMARTS) is 1. The third kappa shape index (κ3) is 4.08. The number of allylic oxidation sites excluding steroid dienone is 2. The van der Waals surface area contributed by atoms with E-state index in [1.165, 1.54) is 11.9 Å². The Bertz CT molecular complexity index is 392. The summed E-state index contributed by atoms with van der Waals surface area (Å²) < 4.78 is 0. The van der Waals surface area contributed by atoms with Gasteiger partial charge in [0.05, 0.1) is 18.4 Å². The molecule has 0 radical (unpaired) electrons. The molecule has 1 rings (SSSR count). The molecule has 19 heavy (non-hydrogen) atoms. The van der Waals surface area contributed by atoms with Gasteiger partial charge < -0.3 is 15.3 Å². The van der Waals surface area contributed by atoms with Crippen LogP contribution in [0.25, 0.3) is 0 Å². The van der Waals surface area contributed by atoms with Crippen molar-refractivity contribution >= 4 is 17.8 Å². The van der Waals surface area contributed by atoms with Gasteiger partial charge in [-0.3, -0.25) is 14.4 Å². The van der Waals surface area contributed by atoms with E-state index in [0.29, 0.717) is 19.4 Å². The highest BCUT2D eigenvalue weighted by Gasteiger charge is 2.35. The molecule has 0 aliphatic heterocycles. The SMILES string of the molecule is CCNC(=O)CN(C)C(=O)[C@@H]1CC=CC[C@@H]1C(=O)O. The highest BCUT2D eigenvalue weighted by molar-refractivity contribution is 5.88. The fourth-order valence-electron chi connectivity index (χ4n) is 2.19. The molecule has 0 saturated carbocycles.